The number of methoxy groups -OCH3 is 1. The van der Waals surface area contributed by atoms with Gasteiger partial charge in [-0.1, -0.05) is 36.4 Å². The monoisotopic (exact) mass is 431 g/mol. The summed E-state index contributed by atoms with van der Waals surface area (Å²) < 4.78 is 5.19. The van der Waals surface area contributed by atoms with Gasteiger partial charge in [-0.15, -0.1) is 0 Å². The molecule has 0 saturated heterocycles. The molecule has 0 bridgehead atoms. The van der Waals surface area contributed by atoms with E-state index in [1.165, 1.54) is 0 Å². The van der Waals surface area contributed by atoms with E-state index in [1.807, 2.05) is 48.5 Å². The second-order valence-corrected chi connectivity index (χ2v) is 7.45. The minimum absolute atomic E-state index is 0.0718. The number of carbonyl (C=O) groups is 2. The van der Waals surface area contributed by atoms with Crippen LogP contribution < -0.4 is 10.2 Å². The average molecular weight is 431 g/mol. The van der Waals surface area contributed by atoms with Crippen LogP contribution in [0.4, 0.5) is 11.5 Å². The van der Waals surface area contributed by atoms with Crippen molar-refractivity contribution in [2.45, 2.75) is 13.1 Å². The number of fused-ring (bicyclic) bond motifs is 1. The maximum absolute atomic E-state index is 13.4. The van der Waals surface area contributed by atoms with Crippen molar-refractivity contribution in [2.24, 2.45) is 0 Å². The highest BCUT2D eigenvalue weighted by Gasteiger charge is 2.27. The van der Waals surface area contributed by atoms with Gasteiger partial charge in [0.05, 0.1) is 43.2 Å². The first-order chi connectivity index (χ1) is 15.7. The number of rotatable bonds is 8. The van der Waals surface area contributed by atoms with E-state index in [1.54, 1.807) is 35.4 Å². The zero-order chi connectivity index (χ0) is 22.3. The summed E-state index contributed by atoms with van der Waals surface area (Å²) in [6.07, 6.45) is 3.25. The van der Waals surface area contributed by atoms with Crippen molar-refractivity contribution >= 4 is 23.3 Å². The van der Waals surface area contributed by atoms with E-state index >= 15 is 0 Å². The van der Waals surface area contributed by atoms with Gasteiger partial charge in [-0.3, -0.25) is 14.6 Å². The topological polar surface area (TPSA) is 87.7 Å². The number of aromatic nitrogens is 2. The second-order valence-electron chi connectivity index (χ2n) is 7.45. The van der Waals surface area contributed by atoms with E-state index in [9.17, 15) is 9.59 Å². The van der Waals surface area contributed by atoms with E-state index in [4.69, 9.17) is 4.74 Å². The molecule has 1 aliphatic heterocycles. The minimum atomic E-state index is -0.194. The zero-order valence-corrected chi connectivity index (χ0v) is 17.9. The van der Waals surface area contributed by atoms with Crippen molar-refractivity contribution in [1.29, 1.82) is 0 Å². The van der Waals surface area contributed by atoms with Gasteiger partial charge in [0.2, 0.25) is 5.91 Å². The van der Waals surface area contributed by atoms with Crippen LogP contribution in [0.3, 0.4) is 0 Å². The fourth-order valence-electron chi connectivity index (χ4n) is 3.56. The van der Waals surface area contributed by atoms with Crippen molar-refractivity contribution in [3.63, 3.8) is 0 Å². The van der Waals surface area contributed by atoms with Crippen molar-refractivity contribution < 1.29 is 14.3 Å². The van der Waals surface area contributed by atoms with Gasteiger partial charge < -0.3 is 19.9 Å². The van der Waals surface area contributed by atoms with Crippen molar-refractivity contribution in [1.82, 2.24) is 14.9 Å². The van der Waals surface area contributed by atoms with Crippen molar-refractivity contribution in [3.8, 4) is 0 Å². The molecule has 0 radical (unpaired) electrons. The summed E-state index contributed by atoms with van der Waals surface area (Å²) in [7, 11) is 1.60. The third-order valence-corrected chi connectivity index (χ3v) is 5.23. The van der Waals surface area contributed by atoms with Crippen molar-refractivity contribution in [3.05, 3.63) is 83.8 Å². The molecule has 4 rings (SSSR count). The molecular weight excluding hydrogens is 406 g/mol. The Hall–Kier alpha value is -3.78. The number of benzene rings is 1. The number of amides is 2. The molecule has 0 fully saturated rings. The summed E-state index contributed by atoms with van der Waals surface area (Å²) in [6, 6.07) is 17.1. The molecule has 8 nitrogen and oxygen atoms in total. The molecular formula is C24H25N5O3. The number of hydrogen-bond donors (Lipinski definition) is 1. The number of nitrogens with zero attached hydrogens (tertiary/aromatic N) is 4. The van der Waals surface area contributed by atoms with Crippen LogP contribution in [0.1, 0.15) is 21.6 Å². The fourth-order valence-corrected chi connectivity index (χ4v) is 3.56. The van der Waals surface area contributed by atoms with E-state index in [-0.39, 0.29) is 18.4 Å². The van der Waals surface area contributed by atoms with Gasteiger partial charge in [-0.05, 0) is 23.8 Å². The van der Waals surface area contributed by atoms with Gasteiger partial charge in [0.1, 0.15) is 0 Å². The van der Waals surface area contributed by atoms with Gasteiger partial charge in [0.15, 0.2) is 5.82 Å². The number of hydrogen-bond acceptors (Lipinski definition) is 6. The summed E-state index contributed by atoms with van der Waals surface area (Å²) in [5, 5.41) is 3.04. The smallest absolute Gasteiger partial charge is 0.255 e. The minimum Gasteiger partial charge on any atom is -0.383 e. The first-order valence-corrected chi connectivity index (χ1v) is 10.4. The third-order valence-electron chi connectivity index (χ3n) is 5.23. The highest BCUT2D eigenvalue weighted by Crippen LogP contribution is 2.30. The number of ether oxygens (including phenoxy) is 1. The van der Waals surface area contributed by atoms with Crippen LogP contribution in [0.25, 0.3) is 0 Å². The van der Waals surface area contributed by atoms with Crippen LogP contribution in [-0.4, -0.2) is 53.5 Å². The molecule has 3 heterocycles. The van der Waals surface area contributed by atoms with E-state index in [0.717, 1.165) is 11.3 Å². The highest BCUT2D eigenvalue weighted by molar-refractivity contribution is 6.04. The molecule has 2 aromatic heterocycles. The lowest BCUT2D eigenvalue weighted by Gasteiger charge is -2.30. The number of pyridine rings is 2. The molecule has 0 unspecified atom stereocenters. The Kier molecular flexibility index (Phi) is 6.72. The quantitative estimate of drug-likeness (QED) is 0.590. The van der Waals surface area contributed by atoms with Crippen LogP contribution in [-0.2, 0) is 22.6 Å². The normalized spacial score (nSPS) is 12.8. The van der Waals surface area contributed by atoms with E-state index in [2.05, 4.69) is 15.3 Å². The Morgan fingerprint density at radius 2 is 1.97 bits per heavy atom. The van der Waals surface area contributed by atoms with Gasteiger partial charge in [-0.25, -0.2) is 4.98 Å². The van der Waals surface area contributed by atoms with Crippen LogP contribution in [0, 0.1) is 0 Å². The lowest BCUT2D eigenvalue weighted by atomic mass is 10.1. The van der Waals surface area contributed by atoms with E-state index < -0.39 is 0 Å². The molecule has 8 heteroatoms. The van der Waals surface area contributed by atoms with Crippen molar-refractivity contribution in [2.75, 3.05) is 37.0 Å². The molecule has 2 amide bonds. The Bertz CT molecular complexity index is 1080. The number of anilines is 2. The highest BCUT2D eigenvalue weighted by atomic mass is 16.5. The van der Waals surface area contributed by atoms with Gasteiger partial charge >= 0.3 is 0 Å². The fraction of sp³-hybridized carbons (Fsp3) is 0.250. The maximum Gasteiger partial charge on any atom is 0.255 e. The standard InChI is InChI=1S/C24H25N5O3/c1-32-12-11-28(17-20-9-5-6-10-25-20)24(31)19-13-21-23(26-14-19)27-15-22(30)29(21)16-18-7-3-2-4-8-18/h2-10,13-14H,11-12,15-17H2,1H3,(H,26,27). The van der Waals surface area contributed by atoms with Crippen LogP contribution in [0.15, 0.2) is 67.0 Å². The molecule has 0 saturated carbocycles. The molecule has 0 spiro atoms. The summed E-state index contributed by atoms with van der Waals surface area (Å²) in [6.45, 7) is 1.74. The molecule has 1 aromatic carbocycles. The van der Waals surface area contributed by atoms with Gasteiger partial charge in [-0.2, -0.15) is 0 Å². The summed E-state index contributed by atoms with van der Waals surface area (Å²) in [5.74, 6) is 0.323. The summed E-state index contributed by atoms with van der Waals surface area (Å²) in [5.41, 5.74) is 2.79. The Labute approximate surface area is 186 Å². The lowest BCUT2D eigenvalue weighted by Crippen LogP contribution is -2.40. The summed E-state index contributed by atoms with van der Waals surface area (Å²) in [4.78, 5) is 38.2. The third kappa shape index (κ3) is 4.92. The zero-order valence-electron chi connectivity index (χ0n) is 17.9. The van der Waals surface area contributed by atoms with Crippen LogP contribution in [0.5, 0.6) is 0 Å². The first-order valence-electron chi connectivity index (χ1n) is 10.4. The molecule has 32 heavy (non-hydrogen) atoms. The molecule has 0 aliphatic carbocycles. The maximum atomic E-state index is 13.4. The number of nitrogens with one attached hydrogen (secondary N) is 1. The van der Waals surface area contributed by atoms with Crippen LogP contribution in [0.2, 0.25) is 0 Å². The van der Waals surface area contributed by atoms with Gasteiger partial charge in [0, 0.05) is 26.0 Å². The predicted molar refractivity (Wildman–Crippen MR) is 121 cm³/mol. The Morgan fingerprint density at radius 1 is 1.16 bits per heavy atom. The molecule has 0 atom stereocenters. The molecule has 1 N–H and O–H groups in total. The van der Waals surface area contributed by atoms with Gasteiger partial charge in [0.25, 0.3) is 5.91 Å². The first kappa shape index (κ1) is 21.5. The predicted octanol–water partition coefficient (Wildman–Crippen LogP) is 2.72. The SMILES string of the molecule is COCCN(Cc1ccccn1)C(=O)c1cnc2c(c1)N(Cc1ccccc1)C(=O)CN2. The van der Waals surface area contributed by atoms with E-state index in [0.29, 0.717) is 43.3 Å². The van der Waals surface area contributed by atoms with Crippen LogP contribution >= 0.6 is 0 Å². The summed E-state index contributed by atoms with van der Waals surface area (Å²) >= 11 is 0. The Balaban J connectivity index is 1.61. The molecule has 1 aliphatic rings. The largest absolute Gasteiger partial charge is 0.383 e. The Morgan fingerprint density at radius 3 is 2.72 bits per heavy atom. The lowest BCUT2D eigenvalue weighted by molar-refractivity contribution is -0.117. The molecule has 3 aromatic rings. The molecule has 164 valence electrons. The second kappa shape index (κ2) is 10.0. The number of carbonyl (C=O) groups excluding carboxylic acids is 2. The average Bonchev–Trinajstić information content (AvgIpc) is 2.84.